The maximum Gasteiger partial charge on any atom is 0.223 e. The predicted molar refractivity (Wildman–Crippen MR) is 66.5 cm³/mol. The van der Waals surface area contributed by atoms with Crippen LogP contribution in [-0.4, -0.2) is 19.6 Å². The molecule has 2 rings (SSSR count). The van der Waals surface area contributed by atoms with E-state index in [4.69, 9.17) is 4.74 Å². The topological polar surface area (TPSA) is 38.3 Å². The lowest BCUT2D eigenvalue weighted by Gasteiger charge is -2.18. The van der Waals surface area contributed by atoms with Gasteiger partial charge in [0.2, 0.25) is 5.91 Å². The van der Waals surface area contributed by atoms with Gasteiger partial charge in [0, 0.05) is 13.0 Å². The van der Waals surface area contributed by atoms with E-state index < -0.39 is 0 Å². The second-order valence-corrected chi connectivity index (χ2v) is 4.75. The highest BCUT2D eigenvalue weighted by Crippen LogP contribution is 2.38. The lowest BCUT2D eigenvalue weighted by molar-refractivity contribution is -0.123. The molecule has 1 N–H and O–H groups in total. The number of carbonyl (C=O) groups is 1. The Morgan fingerprint density at radius 1 is 1.47 bits per heavy atom. The molecule has 1 aromatic carbocycles. The van der Waals surface area contributed by atoms with Gasteiger partial charge < -0.3 is 10.1 Å². The third-order valence-corrected chi connectivity index (χ3v) is 3.30. The summed E-state index contributed by atoms with van der Waals surface area (Å²) in [4.78, 5) is 11.9. The Morgan fingerprint density at radius 2 is 2.12 bits per heavy atom. The highest BCUT2D eigenvalue weighted by molar-refractivity contribution is 5.81. The van der Waals surface area contributed by atoms with Gasteiger partial charge in [-0.05, 0) is 17.9 Å². The van der Waals surface area contributed by atoms with Gasteiger partial charge in [0.15, 0.2) is 0 Å². The molecule has 0 aliphatic heterocycles. The summed E-state index contributed by atoms with van der Waals surface area (Å²) < 4.78 is 5.17. The number of carbonyl (C=O) groups excluding carboxylic acids is 1. The van der Waals surface area contributed by atoms with Gasteiger partial charge in [0.1, 0.15) is 0 Å². The Bertz CT molecular complexity index is 377. The van der Waals surface area contributed by atoms with Crippen LogP contribution in [0.1, 0.15) is 24.9 Å². The molecule has 1 aliphatic rings. The van der Waals surface area contributed by atoms with Crippen molar-refractivity contribution in [1.29, 1.82) is 0 Å². The summed E-state index contributed by atoms with van der Waals surface area (Å²) in [5, 5.41) is 3.06. The predicted octanol–water partition coefficient (Wildman–Crippen LogP) is 2.15. The minimum atomic E-state index is -0.0403. The molecule has 1 saturated carbocycles. The average Bonchev–Trinajstić information content (AvgIpc) is 3.07. The normalized spacial score (nSPS) is 24.1. The molecule has 0 saturated heterocycles. The van der Waals surface area contributed by atoms with Crippen LogP contribution in [0.5, 0.6) is 0 Å². The van der Waals surface area contributed by atoms with Gasteiger partial charge in [-0.25, -0.2) is 0 Å². The lowest BCUT2D eigenvalue weighted by atomic mass is 10.1. The molecule has 1 aliphatic carbocycles. The summed E-state index contributed by atoms with van der Waals surface area (Å²) in [6.45, 7) is 2.62. The van der Waals surface area contributed by atoms with Crippen molar-refractivity contribution in [3.63, 3.8) is 0 Å². The fourth-order valence-electron chi connectivity index (χ4n) is 2.04. The first kappa shape index (κ1) is 12.1. The Hall–Kier alpha value is -1.35. The average molecular weight is 233 g/mol. The first-order valence-electron chi connectivity index (χ1n) is 6.06. The van der Waals surface area contributed by atoms with E-state index in [9.17, 15) is 4.79 Å². The Morgan fingerprint density at radius 3 is 2.65 bits per heavy atom. The number of hydrogen-bond acceptors (Lipinski definition) is 2. The molecule has 0 radical (unpaired) electrons. The summed E-state index contributed by atoms with van der Waals surface area (Å²) in [5.74, 6) is 0.899. The van der Waals surface area contributed by atoms with Gasteiger partial charge in [-0.1, -0.05) is 37.3 Å². The van der Waals surface area contributed by atoms with Crippen molar-refractivity contribution in [2.24, 2.45) is 11.8 Å². The smallest absolute Gasteiger partial charge is 0.223 e. The van der Waals surface area contributed by atoms with Gasteiger partial charge in [0.25, 0.3) is 0 Å². The van der Waals surface area contributed by atoms with Crippen LogP contribution in [0.2, 0.25) is 0 Å². The minimum Gasteiger partial charge on any atom is -0.382 e. The summed E-state index contributed by atoms with van der Waals surface area (Å²) >= 11 is 0. The zero-order chi connectivity index (χ0) is 12.3. The molecule has 0 unspecified atom stereocenters. The number of methoxy groups -OCH3 is 1. The third-order valence-electron chi connectivity index (χ3n) is 3.30. The summed E-state index contributed by atoms with van der Waals surface area (Å²) in [7, 11) is 1.65. The van der Waals surface area contributed by atoms with E-state index in [0.29, 0.717) is 12.5 Å². The maximum absolute atomic E-state index is 11.9. The summed E-state index contributed by atoms with van der Waals surface area (Å²) in [6.07, 6.45) is 1.01. The van der Waals surface area contributed by atoms with Crippen LogP contribution in [0.4, 0.5) is 0 Å². The molecule has 0 bridgehead atoms. The molecule has 3 atom stereocenters. The molecular formula is C14H19NO2. The lowest BCUT2D eigenvalue weighted by Crippen LogP contribution is -2.32. The number of hydrogen-bond donors (Lipinski definition) is 1. The largest absolute Gasteiger partial charge is 0.382 e. The highest BCUT2D eigenvalue weighted by atomic mass is 16.5. The zero-order valence-electron chi connectivity index (χ0n) is 10.3. The summed E-state index contributed by atoms with van der Waals surface area (Å²) in [6, 6.07) is 9.91. The van der Waals surface area contributed by atoms with Crippen LogP contribution in [0.3, 0.4) is 0 Å². The van der Waals surface area contributed by atoms with Crippen LogP contribution in [-0.2, 0) is 9.53 Å². The molecular weight excluding hydrogens is 214 g/mol. The van der Waals surface area contributed by atoms with Crippen LogP contribution in [0.15, 0.2) is 30.3 Å². The maximum atomic E-state index is 11.9. The van der Waals surface area contributed by atoms with Crippen molar-refractivity contribution >= 4 is 5.91 Å². The van der Waals surface area contributed by atoms with E-state index in [1.54, 1.807) is 7.11 Å². The molecule has 3 nitrogen and oxygen atoms in total. The summed E-state index contributed by atoms with van der Waals surface area (Å²) in [5.41, 5.74) is 1.09. The molecule has 1 aromatic rings. The number of amides is 1. The van der Waals surface area contributed by atoms with E-state index in [1.807, 2.05) is 30.3 Å². The van der Waals surface area contributed by atoms with Crippen molar-refractivity contribution in [3.05, 3.63) is 35.9 Å². The third kappa shape index (κ3) is 3.07. The highest BCUT2D eigenvalue weighted by Gasteiger charge is 2.39. The van der Waals surface area contributed by atoms with Crippen molar-refractivity contribution in [3.8, 4) is 0 Å². The molecule has 92 valence electrons. The molecule has 0 aromatic heterocycles. The quantitative estimate of drug-likeness (QED) is 0.846. The standard InChI is InChI=1S/C14H19NO2/c1-10-8-12(10)14(16)15-13(9-17-2)11-6-4-3-5-7-11/h3-7,10,12-13H,8-9H2,1-2H3,(H,15,16)/t10-,12+,13+/m1/s1. The van der Waals surface area contributed by atoms with Crippen LogP contribution >= 0.6 is 0 Å². The van der Waals surface area contributed by atoms with E-state index in [-0.39, 0.29) is 17.9 Å². The SMILES string of the molecule is COC[C@H](NC(=O)[C@H]1C[C@H]1C)c1ccccc1. The molecule has 3 heteroatoms. The fourth-order valence-corrected chi connectivity index (χ4v) is 2.04. The van der Waals surface area contributed by atoms with Crippen LogP contribution < -0.4 is 5.32 Å². The monoisotopic (exact) mass is 233 g/mol. The van der Waals surface area contributed by atoms with Crippen molar-refractivity contribution in [2.45, 2.75) is 19.4 Å². The molecule has 17 heavy (non-hydrogen) atoms. The second-order valence-electron chi connectivity index (χ2n) is 4.75. The van der Waals surface area contributed by atoms with Crippen molar-refractivity contribution in [1.82, 2.24) is 5.32 Å². The number of ether oxygens (including phenoxy) is 1. The van der Waals surface area contributed by atoms with Crippen molar-refractivity contribution in [2.75, 3.05) is 13.7 Å². The van der Waals surface area contributed by atoms with Gasteiger partial charge >= 0.3 is 0 Å². The number of nitrogens with one attached hydrogen (secondary N) is 1. The molecule has 1 fully saturated rings. The van der Waals surface area contributed by atoms with Gasteiger partial charge in [0.05, 0.1) is 12.6 Å². The van der Waals surface area contributed by atoms with E-state index in [2.05, 4.69) is 12.2 Å². The van der Waals surface area contributed by atoms with E-state index in [1.165, 1.54) is 0 Å². The molecule has 1 amide bonds. The van der Waals surface area contributed by atoms with Crippen molar-refractivity contribution < 1.29 is 9.53 Å². The number of rotatable bonds is 5. The first-order chi connectivity index (χ1) is 8.22. The fraction of sp³-hybridized carbons (Fsp3) is 0.500. The first-order valence-corrected chi connectivity index (χ1v) is 6.06. The Labute approximate surface area is 102 Å². The van der Waals surface area contributed by atoms with Gasteiger partial charge in [-0.2, -0.15) is 0 Å². The minimum absolute atomic E-state index is 0.0403. The van der Waals surface area contributed by atoms with E-state index >= 15 is 0 Å². The Kier molecular flexibility index (Phi) is 3.79. The van der Waals surface area contributed by atoms with Crippen LogP contribution in [0.25, 0.3) is 0 Å². The second kappa shape index (κ2) is 5.32. The van der Waals surface area contributed by atoms with Gasteiger partial charge in [-0.3, -0.25) is 4.79 Å². The number of benzene rings is 1. The van der Waals surface area contributed by atoms with Gasteiger partial charge in [-0.15, -0.1) is 0 Å². The zero-order valence-corrected chi connectivity index (χ0v) is 10.3. The molecule has 0 heterocycles. The van der Waals surface area contributed by atoms with E-state index in [0.717, 1.165) is 12.0 Å². The Balaban J connectivity index is 2.00. The molecule has 0 spiro atoms. The van der Waals surface area contributed by atoms with Crippen LogP contribution in [0, 0.1) is 11.8 Å².